The molecule has 1 atom stereocenters. The number of phenolic OH excluding ortho intramolecular Hbond substituents is 1. The molecule has 1 aromatic rings. The highest BCUT2D eigenvalue weighted by molar-refractivity contribution is 5.27. The van der Waals surface area contributed by atoms with Crippen LogP contribution in [0.15, 0.2) is 24.3 Å². The molecule has 0 radical (unpaired) electrons. The quantitative estimate of drug-likeness (QED) is 0.777. The Morgan fingerprint density at radius 3 is 2.47 bits per heavy atom. The molecule has 1 rings (SSSR count). The van der Waals surface area contributed by atoms with Crippen LogP contribution in [0.4, 0.5) is 0 Å². The highest BCUT2D eigenvalue weighted by Gasteiger charge is 2.02. The number of aromatic hydroxyl groups is 1. The van der Waals surface area contributed by atoms with Crippen molar-refractivity contribution in [1.29, 1.82) is 0 Å². The molecule has 0 saturated carbocycles. The van der Waals surface area contributed by atoms with Gasteiger partial charge in [0.15, 0.2) is 0 Å². The van der Waals surface area contributed by atoms with E-state index in [1.54, 1.807) is 6.07 Å². The summed E-state index contributed by atoms with van der Waals surface area (Å²) in [5, 5.41) is 9.26. The van der Waals surface area contributed by atoms with Gasteiger partial charge in [0.25, 0.3) is 0 Å². The zero-order valence-electron chi connectivity index (χ0n) is 10.5. The van der Waals surface area contributed by atoms with Crippen molar-refractivity contribution in [3.63, 3.8) is 0 Å². The van der Waals surface area contributed by atoms with Gasteiger partial charge in [0.2, 0.25) is 0 Å². The van der Waals surface area contributed by atoms with Crippen molar-refractivity contribution >= 4 is 0 Å². The first kappa shape index (κ1) is 14.0. The van der Waals surface area contributed by atoms with E-state index in [4.69, 9.17) is 0 Å². The summed E-state index contributed by atoms with van der Waals surface area (Å²) in [4.78, 5) is 0. The van der Waals surface area contributed by atoms with E-state index in [0.29, 0.717) is 11.7 Å². The zero-order chi connectivity index (χ0) is 11.7. The minimum Gasteiger partial charge on any atom is -0.508 e. The molecular weight excluding hydrogens is 184 g/mol. The summed E-state index contributed by atoms with van der Waals surface area (Å²) in [5.41, 5.74) is 1.24. The van der Waals surface area contributed by atoms with E-state index in [2.05, 4.69) is 19.9 Å². The van der Waals surface area contributed by atoms with Crippen LogP contribution >= 0.6 is 0 Å². The zero-order valence-corrected chi connectivity index (χ0v) is 10.5. The third-order valence-corrected chi connectivity index (χ3v) is 2.28. The smallest absolute Gasteiger partial charge is 0.115 e. The largest absolute Gasteiger partial charge is 0.508 e. The van der Waals surface area contributed by atoms with Gasteiger partial charge < -0.3 is 5.11 Å². The molecule has 0 aliphatic carbocycles. The van der Waals surface area contributed by atoms with Crippen LogP contribution in [0.25, 0.3) is 0 Å². The maximum atomic E-state index is 9.26. The summed E-state index contributed by atoms with van der Waals surface area (Å²) < 4.78 is 0. The van der Waals surface area contributed by atoms with E-state index < -0.39 is 0 Å². The molecular formula is C14H24O. The molecule has 0 fully saturated rings. The Morgan fingerprint density at radius 1 is 1.27 bits per heavy atom. The second-order valence-corrected chi connectivity index (χ2v) is 3.77. The Kier molecular flexibility index (Phi) is 7.79. The summed E-state index contributed by atoms with van der Waals surface area (Å²) in [6, 6.07) is 7.55. The van der Waals surface area contributed by atoms with Gasteiger partial charge in [-0.1, -0.05) is 52.7 Å². The van der Waals surface area contributed by atoms with Crippen molar-refractivity contribution in [3.05, 3.63) is 29.8 Å². The van der Waals surface area contributed by atoms with Gasteiger partial charge in [-0.15, -0.1) is 0 Å². The minimum atomic E-state index is 0.376. The Hall–Kier alpha value is -0.980. The Bertz CT molecular complexity index is 255. The second kappa shape index (κ2) is 8.34. The third kappa shape index (κ3) is 6.16. The van der Waals surface area contributed by atoms with Crippen LogP contribution in [0.1, 0.15) is 46.1 Å². The van der Waals surface area contributed by atoms with Crippen LogP contribution < -0.4 is 0 Å². The molecule has 1 aromatic carbocycles. The Balaban J connectivity index is 0.000000921. The number of benzene rings is 1. The second-order valence-electron chi connectivity index (χ2n) is 3.77. The molecule has 0 saturated heterocycles. The van der Waals surface area contributed by atoms with Crippen LogP contribution in [0.3, 0.4) is 0 Å². The molecule has 0 bridgehead atoms. The predicted molar refractivity (Wildman–Crippen MR) is 67.2 cm³/mol. The van der Waals surface area contributed by atoms with E-state index in [1.807, 2.05) is 26.0 Å². The van der Waals surface area contributed by atoms with Crippen molar-refractivity contribution in [3.8, 4) is 5.75 Å². The van der Waals surface area contributed by atoms with Crippen molar-refractivity contribution in [1.82, 2.24) is 0 Å². The van der Waals surface area contributed by atoms with Gasteiger partial charge in [-0.2, -0.15) is 0 Å². The lowest BCUT2D eigenvalue weighted by molar-refractivity contribution is 0.472. The summed E-state index contributed by atoms with van der Waals surface area (Å²) >= 11 is 0. The number of hydrogen-bond donors (Lipinski definition) is 1. The Morgan fingerprint density at radius 2 is 1.93 bits per heavy atom. The van der Waals surface area contributed by atoms with Gasteiger partial charge in [0.1, 0.15) is 5.75 Å². The highest BCUT2D eigenvalue weighted by Crippen LogP contribution is 2.17. The molecule has 1 N–H and O–H groups in total. The van der Waals surface area contributed by atoms with Gasteiger partial charge in [0, 0.05) is 0 Å². The topological polar surface area (TPSA) is 20.2 Å². The molecule has 1 nitrogen and oxygen atoms in total. The lowest BCUT2D eigenvalue weighted by Crippen LogP contribution is -1.98. The first-order valence-electron chi connectivity index (χ1n) is 6.00. The minimum absolute atomic E-state index is 0.376. The maximum Gasteiger partial charge on any atom is 0.115 e. The Labute approximate surface area is 94.2 Å². The average Bonchev–Trinajstić information content (AvgIpc) is 2.21. The van der Waals surface area contributed by atoms with E-state index in [9.17, 15) is 5.11 Å². The van der Waals surface area contributed by atoms with Crippen molar-refractivity contribution in [2.75, 3.05) is 0 Å². The van der Waals surface area contributed by atoms with Crippen LogP contribution in [-0.2, 0) is 6.42 Å². The fourth-order valence-corrected chi connectivity index (χ4v) is 1.68. The van der Waals surface area contributed by atoms with Crippen molar-refractivity contribution < 1.29 is 5.11 Å². The number of phenols is 1. The number of rotatable bonds is 4. The molecule has 0 aliphatic heterocycles. The fraction of sp³-hybridized carbons (Fsp3) is 0.571. The SMILES string of the molecule is CC.CCCC(C)Cc1cccc(O)c1. The molecule has 0 amide bonds. The van der Waals surface area contributed by atoms with Crippen molar-refractivity contribution in [2.45, 2.75) is 47.0 Å². The lowest BCUT2D eigenvalue weighted by atomic mass is 9.97. The van der Waals surface area contributed by atoms with Gasteiger partial charge in [0.05, 0.1) is 0 Å². The molecule has 15 heavy (non-hydrogen) atoms. The lowest BCUT2D eigenvalue weighted by Gasteiger charge is -2.09. The number of hydrogen-bond acceptors (Lipinski definition) is 1. The predicted octanol–water partition coefficient (Wildman–Crippen LogP) is 4.40. The van der Waals surface area contributed by atoms with Gasteiger partial charge >= 0.3 is 0 Å². The summed E-state index contributed by atoms with van der Waals surface area (Å²) in [7, 11) is 0. The molecule has 86 valence electrons. The van der Waals surface area contributed by atoms with E-state index in [-0.39, 0.29) is 0 Å². The summed E-state index contributed by atoms with van der Waals surface area (Å²) in [6.07, 6.45) is 3.57. The van der Waals surface area contributed by atoms with E-state index >= 15 is 0 Å². The first-order valence-corrected chi connectivity index (χ1v) is 6.00. The maximum absolute atomic E-state index is 9.26. The first-order chi connectivity index (χ1) is 7.22. The third-order valence-electron chi connectivity index (χ3n) is 2.28. The molecule has 0 aliphatic rings. The molecule has 0 spiro atoms. The van der Waals surface area contributed by atoms with Crippen LogP contribution in [0.5, 0.6) is 5.75 Å². The summed E-state index contributed by atoms with van der Waals surface area (Å²) in [6.45, 7) is 8.46. The van der Waals surface area contributed by atoms with Crippen LogP contribution in [-0.4, -0.2) is 5.11 Å². The van der Waals surface area contributed by atoms with Crippen LogP contribution in [0, 0.1) is 5.92 Å². The van der Waals surface area contributed by atoms with E-state index in [0.717, 1.165) is 6.42 Å². The van der Waals surface area contributed by atoms with Gasteiger partial charge in [-0.3, -0.25) is 0 Å². The van der Waals surface area contributed by atoms with Crippen LogP contribution in [0.2, 0.25) is 0 Å². The van der Waals surface area contributed by atoms with Gasteiger partial charge in [-0.25, -0.2) is 0 Å². The molecule has 1 unspecified atom stereocenters. The molecule has 1 heteroatoms. The van der Waals surface area contributed by atoms with Crippen molar-refractivity contribution in [2.24, 2.45) is 5.92 Å². The summed E-state index contributed by atoms with van der Waals surface area (Å²) in [5.74, 6) is 1.09. The molecule has 0 aromatic heterocycles. The fourth-order valence-electron chi connectivity index (χ4n) is 1.68. The normalized spacial score (nSPS) is 11.5. The highest BCUT2D eigenvalue weighted by atomic mass is 16.3. The monoisotopic (exact) mass is 208 g/mol. The molecule has 0 heterocycles. The van der Waals surface area contributed by atoms with E-state index in [1.165, 1.54) is 18.4 Å². The van der Waals surface area contributed by atoms with Gasteiger partial charge in [-0.05, 0) is 30.0 Å². The average molecular weight is 208 g/mol. The standard InChI is InChI=1S/C12H18O.C2H6/c1-3-5-10(2)8-11-6-4-7-12(13)9-11;1-2/h4,6-7,9-10,13H,3,5,8H2,1-2H3;1-2H3.